The van der Waals surface area contributed by atoms with Crippen LogP contribution in [-0.4, -0.2) is 25.5 Å². The first kappa shape index (κ1) is 15.5. The predicted molar refractivity (Wildman–Crippen MR) is 76.5 cm³/mol. The zero-order valence-corrected chi connectivity index (χ0v) is 12.5. The molecular formula is C15H30N2O. The monoisotopic (exact) mass is 254 g/mol. The van der Waals surface area contributed by atoms with Crippen molar-refractivity contribution < 1.29 is 4.79 Å². The molecule has 0 aromatic rings. The van der Waals surface area contributed by atoms with Crippen LogP contribution in [0.5, 0.6) is 0 Å². The highest BCUT2D eigenvalue weighted by atomic mass is 16.2. The number of amides is 1. The molecule has 2 unspecified atom stereocenters. The lowest BCUT2D eigenvalue weighted by atomic mass is 9.91. The molecule has 106 valence electrons. The summed E-state index contributed by atoms with van der Waals surface area (Å²) in [6.07, 6.45) is 7.90. The maximum absolute atomic E-state index is 11.7. The second kappa shape index (κ2) is 7.13. The van der Waals surface area contributed by atoms with Crippen molar-refractivity contribution >= 4 is 5.91 Å². The summed E-state index contributed by atoms with van der Waals surface area (Å²) in [6, 6.07) is 0.602. The minimum absolute atomic E-state index is 0.120. The van der Waals surface area contributed by atoms with Gasteiger partial charge in [0, 0.05) is 19.6 Å². The van der Waals surface area contributed by atoms with Crippen LogP contribution < -0.4 is 10.6 Å². The molecule has 18 heavy (non-hydrogen) atoms. The Hall–Kier alpha value is -0.570. The van der Waals surface area contributed by atoms with Gasteiger partial charge in [-0.2, -0.15) is 0 Å². The lowest BCUT2D eigenvalue weighted by molar-refractivity contribution is -0.128. The first-order valence-corrected chi connectivity index (χ1v) is 7.45. The topological polar surface area (TPSA) is 41.1 Å². The fourth-order valence-electron chi connectivity index (χ4n) is 2.81. The molecule has 3 heteroatoms. The van der Waals surface area contributed by atoms with Gasteiger partial charge in [0.25, 0.3) is 0 Å². The quantitative estimate of drug-likeness (QED) is 0.741. The summed E-state index contributed by atoms with van der Waals surface area (Å²) >= 11 is 0. The first-order valence-electron chi connectivity index (χ1n) is 7.45. The fourth-order valence-corrected chi connectivity index (χ4v) is 2.81. The smallest absolute Gasteiger partial charge is 0.226 e. The van der Waals surface area contributed by atoms with E-state index in [1.165, 1.54) is 38.5 Å². The molecule has 1 saturated carbocycles. The maximum atomic E-state index is 11.7. The zero-order chi connectivity index (χ0) is 13.6. The van der Waals surface area contributed by atoms with Gasteiger partial charge < -0.3 is 10.6 Å². The van der Waals surface area contributed by atoms with Crippen molar-refractivity contribution in [1.29, 1.82) is 0 Å². The van der Waals surface area contributed by atoms with Crippen LogP contribution in [0.1, 0.15) is 59.3 Å². The van der Waals surface area contributed by atoms with Gasteiger partial charge in [-0.15, -0.1) is 0 Å². The summed E-state index contributed by atoms with van der Waals surface area (Å²) in [5, 5.41) is 6.34. The third kappa shape index (κ3) is 4.60. The van der Waals surface area contributed by atoms with Gasteiger partial charge in [-0.25, -0.2) is 0 Å². The molecular weight excluding hydrogens is 224 g/mol. The highest BCUT2D eigenvalue weighted by Crippen LogP contribution is 2.26. The van der Waals surface area contributed by atoms with Gasteiger partial charge in [-0.05, 0) is 39.0 Å². The van der Waals surface area contributed by atoms with Crippen molar-refractivity contribution in [1.82, 2.24) is 10.6 Å². The Morgan fingerprint density at radius 1 is 1.22 bits per heavy atom. The third-order valence-electron chi connectivity index (χ3n) is 4.34. The maximum Gasteiger partial charge on any atom is 0.226 e. The highest BCUT2D eigenvalue weighted by Gasteiger charge is 2.27. The number of hydrogen-bond acceptors (Lipinski definition) is 2. The Balaban J connectivity index is 2.37. The van der Waals surface area contributed by atoms with Gasteiger partial charge in [-0.1, -0.05) is 26.2 Å². The van der Waals surface area contributed by atoms with Crippen LogP contribution >= 0.6 is 0 Å². The summed E-state index contributed by atoms with van der Waals surface area (Å²) in [6.45, 7) is 7.08. The molecule has 1 rings (SSSR count). The van der Waals surface area contributed by atoms with Crippen LogP contribution in [0, 0.1) is 11.3 Å². The van der Waals surface area contributed by atoms with E-state index in [2.05, 4.69) is 17.6 Å². The van der Waals surface area contributed by atoms with Crippen LogP contribution in [0.25, 0.3) is 0 Å². The lowest BCUT2D eigenvalue weighted by Crippen LogP contribution is -2.44. The molecule has 3 nitrogen and oxygen atoms in total. The van der Waals surface area contributed by atoms with E-state index in [-0.39, 0.29) is 11.3 Å². The molecule has 0 heterocycles. The van der Waals surface area contributed by atoms with E-state index in [9.17, 15) is 4.79 Å². The zero-order valence-electron chi connectivity index (χ0n) is 12.5. The average Bonchev–Trinajstić information content (AvgIpc) is 2.60. The largest absolute Gasteiger partial charge is 0.359 e. The third-order valence-corrected chi connectivity index (χ3v) is 4.34. The Morgan fingerprint density at radius 2 is 1.94 bits per heavy atom. The molecule has 0 aromatic heterocycles. The number of carbonyl (C=O) groups excluding carboxylic acids is 1. The van der Waals surface area contributed by atoms with Crippen LogP contribution in [0.4, 0.5) is 0 Å². The minimum Gasteiger partial charge on any atom is -0.359 e. The molecule has 0 spiro atoms. The predicted octanol–water partition coefficient (Wildman–Crippen LogP) is 2.71. The molecule has 1 aliphatic rings. The minimum atomic E-state index is -0.314. The van der Waals surface area contributed by atoms with Crippen LogP contribution in [0.15, 0.2) is 0 Å². The van der Waals surface area contributed by atoms with Crippen LogP contribution in [0.2, 0.25) is 0 Å². The van der Waals surface area contributed by atoms with Crippen LogP contribution in [0.3, 0.4) is 0 Å². The standard InChI is InChI=1S/C15H30N2O/c1-5-12-7-6-8-13(10-9-12)17-11-15(2,3)14(18)16-4/h12-13,17H,5-11H2,1-4H3,(H,16,18). The van der Waals surface area contributed by atoms with E-state index in [0.29, 0.717) is 6.04 Å². The van der Waals surface area contributed by atoms with Crippen LogP contribution in [-0.2, 0) is 4.79 Å². The van der Waals surface area contributed by atoms with E-state index in [1.54, 1.807) is 7.05 Å². The second-order valence-electron chi connectivity index (χ2n) is 6.32. The Morgan fingerprint density at radius 3 is 2.56 bits per heavy atom. The molecule has 0 saturated heterocycles. The van der Waals surface area contributed by atoms with Crippen molar-refractivity contribution in [3.63, 3.8) is 0 Å². The molecule has 2 N–H and O–H groups in total. The van der Waals surface area contributed by atoms with Gasteiger partial charge in [0.15, 0.2) is 0 Å². The van der Waals surface area contributed by atoms with E-state index in [4.69, 9.17) is 0 Å². The average molecular weight is 254 g/mol. The van der Waals surface area contributed by atoms with Gasteiger partial charge in [0.2, 0.25) is 5.91 Å². The van der Waals surface area contributed by atoms with Crippen molar-refractivity contribution in [2.24, 2.45) is 11.3 Å². The molecule has 0 aromatic carbocycles. The summed E-state index contributed by atoms with van der Waals surface area (Å²) in [4.78, 5) is 11.7. The van der Waals surface area contributed by atoms with E-state index >= 15 is 0 Å². The molecule has 2 atom stereocenters. The Bertz CT molecular complexity index is 263. The fraction of sp³-hybridized carbons (Fsp3) is 0.933. The molecule has 1 aliphatic carbocycles. The van der Waals surface area contributed by atoms with E-state index in [1.807, 2.05) is 13.8 Å². The summed E-state index contributed by atoms with van der Waals surface area (Å²) < 4.78 is 0. The SMILES string of the molecule is CCC1CCCC(NCC(C)(C)C(=O)NC)CC1. The second-order valence-corrected chi connectivity index (χ2v) is 6.32. The van der Waals surface area contributed by atoms with Gasteiger partial charge in [0.05, 0.1) is 5.41 Å². The van der Waals surface area contributed by atoms with Gasteiger partial charge in [0.1, 0.15) is 0 Å². The van der Waals surface area contributed by atoms with E-state index < -0.39 is 0 Å². The van der Waals surface area contributed by atoms with Crippen molar-refractivity contribution in [2.45, 2.75) is 65.3 Å². The molecule has 1 fully saturated rings. The summed E-state index contributed by atoms with van der Waals surface area (Å²) in [7, 11) is 1.71. The van der Waals surface area contributed by atoms with Crippen molar-refractivity contribution in [3.05, 3.63) is 0 Å². The number of hydrogen-bond donors (Lipinski definition) is 2. The van der Waals surface area contributed by atoms with E-state index in [0.717, 1.165) is 12.5 Å². The Kier molecular flexibility index (Phi) is 6.13. The summed E-state index contributed by atoms with van der Waals surface area (Å²) in [5.74, 6) is 1.04. The van der Waals surface area contributed by atoms with Crippen molar-refractivity contribution in [2.75, 3.05) is 13.6 Å². The first-order chi connectivity index (χ1) is 8.49. The lowest BCUT2D eigenvalue weighted by Gasteiger charge is -2.26. The molecule has 0 aliphatic heterocycles. The van der Waals surface area contributed by atoms with Crippen molar-refractivity contribution in [3.8, 4) is 0 Å². The highest BCUT2D eigenvalue weighted by molar-refractivity contribution is 5.81. The number of carbonyl (C=O) groups is 1. The van der Waals surface area contributed by atoms with Gasteiger partial charge in [-0.3, -0.25) is 4.79 Å². The molecule has 0 radical (unpaired) electrons. The Labute approximate surface area is 112 Å². The van der Waals surface area contributed by atoms with Gasteiger partial charge >= 0.3 is 0 Å². The normalized spacial score (nSPS) is 25.6. The summed E-state index contributed by atoms with van der Waals surface area (Å²) in [5.41, 5.74) is -0.314. The number of nitrogens with one attached hydrogen (secondary N) is 2. The molecule has 1 amide bonds. The number of rotatable bonds is 5. The molecule has 0 bridgehead atoms.